The Kier molecular flexibility index (Phi) is 3.84. The zero-order valence-corrected chi connectivity index (χ0v) is 12.9. The Hall–Kier alpha value is -1.27. The van der Waals surface area contributed by atoms with Gasteiger partial charge in [0, 0.05) is 23.1 Å². The third-order valence-corrected chi connectivity index (χ3v) is 5.33. The molecule has 1 aromatic carbocycles. The molecule has 1 heterocycles. The predicted octanol–water partition coefficient (Wildman–Crippen LogP) is 1.98. The molecule has 0 saturated heterocycles. The minimum Gasteiger partial charge on any atom is -0.480 e. The summed E-state index contributed by atoms with van der Waals surface area (Å²) >= 11 is 0. The molecule has 1 unspecified atom stereocenters. The summed E-state index contributed by atoms with van der Waals surface area (Å²) in [6, 6.07) is 4.65. The molecule has 5 nitrogen and oxygen atoms in total. The normalized spacial score (nSPS) is 21.9. The van der Waals surface area contributed by atoms with Crippen LogP contribution in [0.1, 0.15) is 31.2 Å². The zero-order valence-electron chi connectivity index (χ0n) is 11.3. The fourth-order valence-electron chi connectivity index (χ4n) is 2.89. The van der Waals surface area contributed by atoms with Crippen LogP contribution < -0.4 is 10.1 Å². The van der Waals surface area contributed by atoms with Crippen molar-refractivity contribution in [1.29, 1.82) is 0 Å². The van der Waals surface area contributed by atoms with Gasteiger partial charge in [0.2, 0.25) is 0 Å². The van der Waals surface area contributed by atoms with E-state index < -0.39 is 15.2 Å². The smallest absolute Gasteiger partial charge is 0.261 e. The first-order valence-electron chi connectivity index (χ1n) is 6.98. The molecule has 1 fully saturated rings. The number of halogens is 1. The quantitative estimate of drug-likeness (QED) is 0.861. The summed E-state index contributed by atoms with van der Waals surface area (Å²) in [5.74, 6) is 0.416. The molecule has 3 rings (SSSR count). The summed E-state index contributed by atoms with van der Waals surface area (Å²) in [5, 5.41) is 2.99. The Morgan fingerprint density at radius 1 is 1.29 bits per heavy atom. The molecule has 114 valence electrons. The zero-order chi connectivity index (χ0) is 15.0. The fourth-order valence-corrected chi connectivity index (χ4v) is 3.69. The highest BCUT2D eigenvalue weighted by Gasteiger charge is 2.31. The molecule has 1 aromatic rings. The van der Waals surface area contributed by atoms with E-state index in [0.29, 0.717) is 17.7 Å². The van der Waals surface area contributed by atoms with Gasteiger partial charge in [-0.3, -0.25) is 4.79 Å². The van der Waals surface area contributed by atoms with Crippen LogP contribution in [0.5, 0.6) is 5.75 Å². The maximum atomic E-state index is 12.2. The van der Waals surface area contributed by atoms with Crippen LogP contribution in [0.4, 0.5) is 0 Å². The number of nitrogens with one attached hydrogen (secondary N) is 1. The van der Waals surface area contributed by atoms with Crippen LogP contribution in [0.2, 0.25) is 0 Å². The van der Waals surface area contributed by atoms with E-state index in [0.717, 1.165) is 25.7 Å². The summed E-state index contributed by atoms with van der Waals surface area (Å²) < 4.78 is 28.2. The molecule has 0 bridgehead atoms. The van der Waals surface area contributed by atoms with Crippen molar-refractivity contribution in [1.82, 2.24) is 5.32 Å². The van der Waals surface area contributed by atoms with Crippen LogP contribution in [0.25, 0.3) is 0 Å². The van der Waals surface area contributed by atoms with Gasteiger partial charge < -0.3 is 10.1 Å². The number of amides is 1. The van der Waals surface area contributed by atoms with Crippen molar-refractivity contribution in [2.75, 3.05) is 0 Å². The second-order valence-electron chi connectivity index (χ2n) is 5.51. The molecule has 1 amide bonds. The van der Waals surface area contributed by atoms with E-state index in [4.69, 9.17) is 15.4 Å². The maximum absolute atomic E-state index is 12.2. The molecule has 0 aromatic heterocycles. The van der Waals surface area contributed by atoms with Gasteiger partial charge in [-0.05, 0) is 36.6 Å². The molecule has 1 aliphatic heterocycles. The summed E-state index contributed by atoms with van der Waals surface area (Å²) in [6.45, 7) is 0. The molecule has 1 saturated carbocycles. The molecule has 7 heteroatoms. The number of carbonyl (C=O) groups is 1. The van der Waals surface area contributed by atoms with Crippen LogP contribution in [-0.2, 0) is 20.3 Å². The van der Waals surface area contributed by atoms with Crippen LogP contribution in [0.15, 0.2) is 23.1 Å². The van der Waals surface area contributed by atoms with Crippen molar-refractivity contribution in [3.05, 3.63) is 23.8 Å². The topological polar surface area (TPSA) is 72.5 Å². The van der Waals surface area contributed by atoms with Gasteiger partial charge in [-0.25, -0.2) is 8.42 Å². The average molecular weight is 330 g/mol. The van der Waals surface area contributed by atoms with Gasteiger partial charge in [-0.1, -0.05) is 12.8 Å². The van der Waals surface area contributed by atoms with E-state index in [1.54, 1.807) is 6.07 Å². The van der Waals surface area contributed by atoms with Crippen LogP contribution in [-0.4, -0.2) is 26.5 Å². The van der Waals surface area contributed by atoms with Gasteiger partial charge in [0.1, 0.15) is 5.75 Å². The van der Waals surface area contributed by atoms with Crippen molar-refractivity contribution in [3.63, 3.8) is 0 Å². The first-order valence-corrected chi connectivity index (χ1v) is 9.29. The molecular weight excluding hydrogens is 314 g/mol. The fraction of sp³-hybridized carbons (Fsp3) is 0.500. The second-order valence-corrected chi connectivity index (χ2v) is 8.07. The number of hydrogen-bond acceptors (Lipinski definition) is 4. The lowest BCUT2D eigenvalue weighted by molar-refractivity contribution is -0.127. The number of ether oxygens (including phenoxy) is 1. The van der Waals surface area contributed by atoms with E-state index in [-0.39, 0.29) is 16.8 Å². The molecule has 2 aliphatic rings. The van der Waals surface area contributed by atoms with E-state index in [1.807, 2.05) is 0 Å². The average Bonchev–Trinajstić information content (AvgIpc) is 3.04. The summed E-state index contributed by atoms with van der Waals surface area (Å²) in [5.41, 5.74) is 0.697. The van der Waals surface area contributed by atoms with E-state index >= 15 is 0 Å². The van der Waals surface area contributed by atoms with Crippen molar-refractivity contribution in [2.45, 2.75) is 49.1 Å². The van der Waals surface area contributed by atoms with E-state index in [1.165, 1.54) is 12.1 Å². The van der Waals surface area contributed by atoms with Crippen LogP contribution in [0.3, 0.4) is 0 Å². The highest BCUT2D eigenvalue weighted by Crippen LogP contribution is 2.32. The minimum absolute atomic E-state index is 0.0309. The molecule has 0 radical (unpaired) electrons. The van der Waals surface area contributed by atoms with Crippen molar-refractivity contribution in [2.24, 2.45) is 0 Å². The lowest BCUT2D eigenvalue weighted by Gasteiger charge is -2.15. The maximum Gasteiger partial charge on any atom is 0.261 e. The first kappa shape index (κ1) is 14.7. The SMILES string of the molecule is O=C(NC1CCCC1)C1Cc2cc(S(=O)(=O)Cl)ccc2O1. The first-order chi connectivity index (χ1) is 9.93. The van der Waals surface area contributed by atoms with Crippen molar-refractivity contribution < 1.29 is 17.9 Å². The summed E-state index contributed by atoms with van der Waals surface area (Å²) in [7, 11) is 1.56. The number of carbonyl (C=O) groups excluding carboxylic acids is 1. The number of rotatable bonds is 3. The lowest BCUT2D eigenvalue weighted by atomic mass is 10.1. The largest absolute Gasteiger partial charge is 0.480 e. The Balaban J connectivity index is 1.70. The molecule has 1 N–H and O–H groups in total. The van der Waals surface area contributed by atoms with Crippen molar-refractivity contribution in [3.8, 4) is 5.75 Å². The van der Waals surface area contributed by atoms with Gasteiger partial charge in [-0.2, -0.15) is 0 Å². The monoisotopic (exact) mass is 329 g/mol. The number of hydrogen-bond donors (Lipinski definition) is 1. The van der Waals surface area contributed by atoms with Crippen LogP contribution in [0, 0.1) is 0 Å². The Labute approximate surface area is 128 Å². The van der Waals surface area contributed by atoms with Gasteiger partial charge in [0.25, 0.3) is 15.0 Å². The van der Waals surface area contributed by atoms with Gasteiger partial charge in [-0.15, -0.1) is 0 Å². The second kappa shape index (κ2) is 5.50. The van der Waals surface area contributed by atoms with Crippen molar-refractivity contribution >= 4 is 25.6 Å². The Morgan fingerprint density at radius 2 is 2.00 bits per heavy atom. The van der Waals surface area contributed by atoms with Crippen LogP contribution >= 0.6 is 10.7 Å². The molecule has 1 aliphatic carbocycles. The standard InChI is InChI=1S/C14H16ClNO4S/c15-21(18,19)11-5-6-12-9(7-11)8-13(20-12)14(17)16-10-3-1-2-4-10/h5-7,10,13H,1-4,8H2,(H,16,17). The molecule has 0 spiro atoms. The van der Waals surface area contributed by atoms with Gasteiger partial charge in [0.15, 0.2) is 6.10 Å². The summed E-state index contributed by atoms with van der Waals surface area (Å²) in [4.78, 5) is 12.2. The minimum atomic E-state index is -3.76. The number of fused-ring (bicyclic) bond motifs is 1. The lowest BCUT2D eigenvalue weighted by Crippen LogP contribution is -2.42. The molecule has 21 heavy (non-hydrogen) atoms. The number of benzene rings is 1. The van der Waals surface area contributed by atoms with Gasteiger partial charge in [0.05, 0.1) is 4.90 Å². The highest BCUT2D eigenvalue weighted by molar-refractivity contribution is 8.13. The van der Waals surface area contributed by atoms with Gasteiger partial charge >= 0.3 is 0 Å². The molecule has 1 atom stereocenters. The van der Waals surface area contributed by atoms with E-state index in [9.17, 15) is 13.2 Å². The third-order valence-electron chi connectivity index (χ3n) is 3.98. The predicted molar refractivity (Wildman–Crippen MR) is 78.0 cm³/mol. The van der Waals surface area contributed by atoms with E-state index in [2.05, 4.69) is 5.32 Å². The Morgan fingerprint density at radius 3 is 2.67 bits per heavy atom. The third kappa shape index (κ3) is 3.16. The highest BCUT2D eigenvalue weighted by atomic mass is 35.7. The Bertz CT molecular complexity index is 668. The molecular formula is C14H16ClNO4S. The summed E-state index contributed by atoms with van der Waals surface area (Å²) in [6.07, 6.45) is 4.10.